The number of para-hydroxylation sites is 1. The third-order valence-corrected chi connectivity index (χ3v) is 8.69. The molecule has 0 heterocycles. The molecule has 8 nitrogen and oxygen atoms in total. The Labute approximate surface area is 246 Å². The normalized spacial score (nSPS) is 13.0. The van der Waals surface area contributed by atoms with Gasteiger partial charge in [0.05, 0.1) is 5.69 Å². The Balaban J connectivity index is 2.11. The van der Waals surface area contributed by atoms with Gasteiger partial charge in [-0.2, -0.15) is 12.7 Å². The first kappa shape index (κ1) is 32.0. The zero-order chi connectivity index (χ0) is 30.2. The molecule has 0 radical (unpaired) electrons. The second-order valence-electron chi connectivity index (χ2n) is 9.92. The first-order valence-electron chi connectivity index (χ1n) is 13.3. The maximum Gasteiger partial charge on any atom is 0.304 e. The van der Waals surface area contributed by atoms with Gasteiger partial charge in [-0.15, -0.1) is 0 Å². The largest absolute Gasteiger partial charge is 0.352 e. The summed E-state index contributed by atoms with van der Waals surface area (Å²) in [5.74, 6) is -1.87. The summed E-state index contributed by atoms with van der Waals surface area (Å²) >= 11 is 6.23. The lowest BCUT2D eigenvalue weighted by atomic mass is 10.0. The summed E-state index contributed by atoms with van der Waals surface area (Å²) in [6.07, 6.45) is 0.851. The molecule has 0 bridgehead atoms. The van der Waals surface area contributed by atoms with Crippen LogP contribution in [0, 0.1) is 5.82 Å². The van der Waals surface area contributed by atoms with Crippen molar-refractivity contribution in [1.82, 2.24) is 14.5 Å². The van der Waals surface area contributed by atoms with Crippen LogP contribution in [-0.2, 0) is 32.8 Å². The molecule has 3 aromatic carbocycles. The first-order valence-corrected chi connectivity index (χ1v) is 15.0. The van der Waals surface area contributed by atoms with Gasteiger partial charge in [-0.05, 0) is 48.7 Å². The van der Waals surface area contributed by atoms with Crippen molar-refractivity contribution >= 4 is 39.3 Å². The van der Waals surface area contributed by atoms with Gasteiger partial charge < -0.3 is 10.2 Å². The van der Waals surface area contributed by atoms with E-state index in [1.165, 1.54) is 37.2 Å². The summed E-state index contributed by atoms with van der Waals surface area (Å²) in [4.78, 5) is 29.2. The lowest BCUT2D eigenvalue weighted by Gasteiger charge is -2.35. The minimum atomic E-state index is -4.29. The van der Waals surface area contributed by atoms with Crippen LogP contribution < -0.4 is 9.62 Å². The Morgan fingerprint density at radius 3 is 2.20 bits per heavy atom. The number of carbonyl (C=O) groups excluding carboxylic acids is 2. The molecule has 3 aromatic rings. The first-order chi connectivity index (χ1) is 19.4. The van der Waals surface area contributed by atoms with E-state index in [1.807, 2.05) is 44.2 Å². The number of nitrogens with one attached hydrogen (secondary N) is 1. The van der Waals surface area contributed by atoms with Gasteiger partial charge in [-0.3, -0.25) is 9.59 Å². The minimum Gasteiger partial charge on any atom is -0.352 e. The third kappa shape index (κ3) is 8.51. The molecular formula is C30H36ClFN4O4S. The fraction of sp³-hybridized carbons (Fsp3) is 0.333. The SMILES string of the molecule is CCC(C)NC(=O)C(Cc1ccccc1)N(Cc1cccc(Cl)c1)C(=O)CN(c1ccccc1F)S(=O)(=O)N(C)C. The van der Waals surface area contributed by atoms with E-state index in [2.05, 4.69) is 5.32 Å². The number of carbonyl (C=O) groups is 2. The highest BCUT2D eigenvalue weighted by Crippen LogP contribution is 2.25. The molecule has 2 atom stereocenters. The Morgan fingerprint density at radius 1 is 0.951 bits per heavy atom. The van der Waals surface area contributed by atoms with Crippen LogP contribution in [0.15, 0.2) is 78.9 Å². The monoisotopic (exact) mass is 602 g/mol. The van der Waals surface area contributed by atoms with E-state index >= 15 is 0 Å². The minimum absolute atomic E-state index is 0.0298. The molecule has 3 rings (SSSR count). The Kier molecular flexibility index (Phi) is 11.3. The Bertz CT molecular complexity index is 1440. The number of halogens is 2. The van der Waals surface area contributed by atoms with Crippen LogP contribution in [0.5, 0.6) is 0 Å². The van der Waals surface area contributed by atoms with E-state index in [0.717, 1.165) is 20.2 Å². The fourth-order valence-electron chi connectivity index (χ4n) is 4.18. The van der Waals surface area contributed by atoms with Crippen molar-refractivity contribution < 1.29 is 22.4 Å². The van der Waals surface area contributed by atoms with E-state index in [4.69, 9.17) is 11.6 Å². The Hall–Kier alpha value is -3.47. The van der Waals surface area contributed by atoms with Crippen LogP contribution in [0.1, 0.15) is 31.4 Å². The number of hydrogen-bond acceptors (Lipinski definition) is 4. The summed E-state index contributed by atoms with van der Waals surface area (Å²) in [6.45, 7) is 3.04. The van der Waals surface area contributed by atoms with Crippen molar-refractivity contribution in [2.24, 2.45) is 0 Å². The quantitative estimate of drug-likeness (QED) is 0.308. The van der Waals surface area contributed by atoms with Gasteiger partial charge in [0.15, 0.2) is 0 Å². The van der Waals surface area contributed by atoms with Crippen LogP contribution in [0.2, 0.25) is 5.02 Å². The maximum absolute atomic E-state index is 14.9. The molecular weight excluding hydrogens is 567 g/mol. The average Bonchev–Trinajstić information content (AvgIpc) is 2.94. The Morgan fingerprint density at radius 2 is 1.59 bits per heavy atom. The molecule has 0 fully saturated rings. The van der Waals surface area contributed by atoms with Crippen LogP contribution in [0.3, 0.4) is 0 Å². The molecule has 220 valence electrons. The van der Waals surface area contributed by atoms with Gasteiger partial charge in [-0.25, -0.2) is 8.70 Å². The second kappa shape index (κ2) is 14.4. The third-order valence-electron chi connectivity index (χ3n) is 6.65. The number of benzene rings is 3. The van der Waals surface area contributed by atoms with Crippen molar-refractivity contribution in [2.75, 3.05) is 24.9 Å². The highest BCUT2D eigenvalue weighted by molar-refractivity contribution is 7.90. The van der Waals surface area contributed by atoms with E-state index in [9.17, 15) is 22.4 Å². The molecule has 0 aliphatic heterocycles. The summed E-state index contributed by atoms with van der Waals surface area (Å²) in [7, 11) is -1.69. The molecule has 0 aliphatic carbocycles. The highest BCUT2D eigenvalue weighted by atomic mass is 35.5. The summed E-state index contributed by atoms with van der Waals surface area (Å²) in [6, 6.07) is 20.3. The van der Waals surface area contributed by atoms with Gasteiger partial charge in [-0.1, -0.05) is 73.1 Å². The van der Waals surface area contributed by atoms with Crippen LogP contribution in [-0.4, -0.2) is 62.2 Å². The van der Waals surface area contributed by atoms with E-state index < -0.39 is 34.5 Å². The van der Waals surface area contributed by atoms with E-state index in [-0.39, 0.29) is 30.6 Å². The molecule has 2 unspecified atom stereocenters. The summed E-state index contributed by atoms with van der Waals surface area (Å²) in [5, 5.41) is 3.41. The molecule has 0 spiro atoms. The second-order valence-corrected chi connectivity index (χ2v) is 12.4. The van der Waals surface area contributed by atoms with Crippen LogP contribution in [0.4, 0.5) is 10.1 Å². The lowest BCUT2D eigenvalue weighted by Crippen LogP contribution is -2.55. The van der Waals surface area contributed by atoms with Gasteiger partial charge in [0.25, 0.3) is 0 Å². The van der Waals surface area contributed by atoms with Gasteiger partial charge in [0, 0.05) is 38.1 Å². The number of hydrogen-bond donors (Lipinski definition) is 1. The van der Waals surface area contributed by atoms with Crippen LogP contribution >= 0.6 is 11.6 Å². The average molecular weight is 603 g/mol. The van der Waals surface area contributed by atoms with Gasteiger partial charge in [0.2, 0.25) is 11.8 Å². The van der Waals surface area contributed by atoms with Crippen molar-refractivity contribution in [2.45, 2.75) is 45.3 Å². The van der Waals surface area contributed by atoms with Crippen molar-refractivity contribution in [1.29, 1.82) is 0 Å². The predicted octanol–water partition coefficient (Wildman–Crippen LogP) is 4.65. The van der Waals surface area contributed by atoms with E-state index in [1.54, 1.807) is 24.3 Å². The summed E-state index contributed by atoms with van der Waals surface area (Å²) in [5.41, 5.74) is 1.18. The zero-order valence-electron chi connectivity index (χ0n) is 23.6. The number of anilines is 1. The number of rotatable bonds is 13. The molecule has 41 heavy (non-hydrogen) atoms. The summed E-state index contributed by atoms with van der Waals surface area (Å²) < 4.78 is 43.2. The zero-order valence-corrected chi connectivity index (χ0v) is 25.2. The smallest absolute Gasteiger partial charge is 0.304 e. The topological polar surface area (TPSA) is 90.0 Å². The maximum atomic E-state index is 14.9. The van der Waals surface area contributed by atoms with Gasteiger partial charge in [0.1, 0.15) is 18.4 Å². The van der Waals surface area contributed by atoms with Crippen LogP contribution in [0.25, 0.3) is 0 Å². The molecule has 0 aromatic heterocycles. The van der Waals surface area contributed by atoms with Crippen molar-refractivity contribution in [3.05, 3.63) is 101 Å². The van der Waals surface area contributed by atoms with Crippen molar-refractivity contribution in [3.63, 3.8) is 0 Å². The molecule has 11 heteroatoms. The standard InChI is InChI=1S/C30H36ClFN4O4S/c1-5-22(2)33-30(38)28(19-23-12-7-6-8-13-23)35(20-24-14-11-15-25(31)18-24)29(37)21-36(41(39,40)34(3)4)27-17-10-9-16-26(27)32/h6-18,22,28H,5,19-21H2,1-4H3,(H,33,38). The lowest BCUT2D eigenvalue weighted by molar-refractivity contribution is -0.140. The molecule has 0 saturated heterocycles. The molecule has 0 saturated carbocycles. The molecule has 0 aliphatic rings. The van der Waals surface area contributed by atoms with Gasteiger partial charge >= 0.3 is 10.2 Å². The fourth-order valence-corrected chi connectivity index (χ4v) is 5.46. The number of nitrogens with zero attached hydrogens (tertiary/aromatic N) is 3. The van der Waals surface area contributed by atoms with E-state index in [0.29, 0.717) is 17.0 Å². The predicted molar refractivity (Wildman–Crippen MR) is 160 cm³/mol. The number of amides is 2. The highest BCUT2D eigenvalue weighted by Gasteiger charge is 2.35. The molecule has 1 N–H and O–H groups in total. The molecule has 2 amide bonds. The van der Waals surface area contributed by atoms with Crippen molar-refractivity contribution in [3.8, 4) is 0 Å².